The molecule has 0 aliphatic rings. The fourth-order valence-corrected chi connectivity index (χ4v) is 8.64. The Balaban J connectivity index is 2.15. The molecule has 0 amide bonds. The SMILES string of the molecule is CC(=O)P(Oc1ccccc1)(Oc1ccccc1)(C(=O)c1c(C)cc(C)cc1C)c1ccccc1. The first-order chi connectivity index (χ1) is 16.8. The van der Waals surface area contributed by atoms with Crippen LogP contribution in [0, 0.1) is 20.8 Å². The van der Waals surface area contributed by atoms with Crippen molar-refractivity contribution in [2.24, 2.45) is 0 Å². The summed E-state index contributed by atoms with van der Waals surface area (Å²) in [7, 11) is -5.01. The van der Waals surface area contributed by atoms with Gasteiger partial charge in [0.05, 0.1) is 0 Å². The third-order valence-electron chi connectivity index (χ3n) is 6.10. The second-order valence-corrected chi connectivity index (χ2v) is 12.5. The van der Waals surface area contributed by atoms with Gasteiger partial charge in [0.25, 0.3) is 0 Å². The van der Waals surface area contributed by atoms with Gasteiger partial charge in [-0.2, -0.15) is 0 Å². The van der Waals surface area contributed by atoms with E-state index in [0.29, 0.717) is 22.4 Å². The Bertz CT molecular complexity index is 1300. The second kappa shape index (κ2) is 9.48. The average Bonchev–Trinajstić information content (AvgIpc) is 2.84. The fraction of sp³-hybridized carbons (Fsp3) is 0.133. The molecule has 0 fully saturated rings. The molecule has 0 spiro atoms. The van der Waals surface area contributed by atoms with Crippen LogP contribution in [0.3, 0.4) is 0 Å². The molecule has 0 saturated heterocycles. The number of para-hydroxylation sites is 2. The van der Waals surface area contributed by atoms with Crippen molar-refractivity contribution in [2.75, 3.05) is 0 Å². The topological polar surface area (TPSA) is 52.6 Å². The molecule has 0 atom stereocenters. The molecular weight excluding hydrogens is 455 g/mol. The summed E-state index contributed by atoms with van der Waals surface area (Å²) in [6, 6.07) is 30.7. The summed E-state index contributed by atoms with van der Waals surface area (Å²) in [5.41, 5.74) is 2.11. The number of carbonyl (C=O) groups is 2. The second-order valence-electron chi connectivity index (χ2n) is 8.70. The number of hydrogen-bond donors (Lipinski definition) is 0. The molecule has 5 heteroatoms. The first-order valence-electron chi connectivity index (χ1n) is 11.5. The Morgan fingerprint density at radius 2 is 1.03 bits per heavy atom. The van der Waals surface area contributed by atoms with E-state index in [4.69, 9.17) is 9.05 Å². The normalized spacial score (nSPS) is 12.3. The first-order valence-corrected chi connectivity index (χ1v) is 13.6. The van der Waals surface area contributed by atoms with Crippen LogP contribution in [0.5, 0.6) is 11.5 Å². The molecule has 4 aromatic rings. The van der Waals surface area contributed by atoms with Gasteiger partial charge >= 0.3 is 207 Å². The van der Waals surface area contributed by atoms with E-state index in [1.165, 1.54) is 6.92 Å². The zero-order valence-electron chi connectivity index (χ0n) is 20.4. The van der Waals surface area contributed by atoms with E-state index in [0.717, 1.165) is 16.7 Å². The van der Waals surface area contributed by atoms with E-state index in [9.17, 15) is 9.59 Å². The van der Waals surface area contributed by atoms with Crippen LogP contribution >= 0.6 is 7.06 Å². The molecule has 0 unspecified atom stereocenters. The fourth-order valence-electron chi connectivity index (χ4n) is 4.56. The molecule has 0 aliphatic carbocycles. The van der Waals surface area contributed by atoms with Crippen LogP contribution < -0.4 is 14.4 Å². The number of aryl methyl sites for hydroxylation is 3. The predicted molar refractivity (Wildman–Crippen MR) is 143 cm³/mol. The molecule has 4 nitrogen and oxygen atoms in total. The predicted octanol–water partition coefficient (Wildman–Crippen LogP) is 7.17. The van der Waals surface area contributed by atoms with Crippen LogP contribution in [0.4, 0.5) is 0 Å². The minimum absolute atomic E-state index is 0.385. The zero-order valence-corrected chi connectivity index (χ0v) is 21.3. The number of benzene rings is 4. The van der Waals surface area contributed by atoms with Gasteiger partial charge in [-0.15, -0.1) is 0 Å². The summed E-state index contributed by atoms with van der Waals surface area (Å²) in [6.45, 7) is 7.15. The van der Waals surface area contributed by atoms with Crippen molar-refractivity contribution in [1.29, 1.82) is 0 Å². The molecule has 4 rings (SSSR count). The van der Waals surface area contributed by atoms with Gasteiger partial charge in [0.1, 0.15) is 0 Å². The molecule has 0 heterocycles. The van der Waals surface area contributed by atoms with Crippen LogP contribution in [0.15, 0.2) is 103 Å². The minimum atomic E-state index is -5.01. The molecule has 0 saturated carbocycles. The Labute approximate surface area is 206 Å². The van der Waals surface area contributed by atoms with Gasteiger partial charge in [0.2, 0.25) is 0 Å². The van der Waals surface area contributed by atoms with Gasteiger partial charge in [-0.1, -0.05) is 0 Å². The molecule has 0 aromatic heterocycles. The van der Waals surface area contributed by atoms with Crippen LogP contribution in [-0.4, -0.2) is 11.0 Å². The Kier molecular flexibility index (Phi) is 6.60. The molecular formula is C30H29O4P. The number of carbonyl (C=O) groups excluding carboxylic acids is 2. The van der Waals surface area contributed by atoms with Crippen molar-refractivity contribution >= 4 is 23.4 Å². The van der Waals surface area contributed by atoms with Crippen LogP contribution in [0.2, 0.25) is 0 Å². The van der Waals surface area contributed by atoms with Gasteiger partial charge in [-0.25, -0.2) is 0 Å². The maximum absolute atomic E-state index is 15.0. The molecule has 35 heavy (non-hydrogen) atoms. The van der Waals surface area contributed by atoms with Crippen molar-refractivity contribution in [1.82, 2.24) is 0 Å². The van der Waals surface area contributed by atoms with E-state index in [1.807, 2.05) is 51.1 Å². The zero-order chi connectivity index (χ0) is 25.1. The van der Waals surface area contributed by atoms with Gasteiger partial charge < -0.3 is 0 Å². The molecule has 0 bridgehead atoms. The molecule has 0 radical (unpaired) electrons. The van der Waals surface area contributed by atoms with Gasteiger partial charge in [0.15, 0.2) is 0 Å². The summed E-state index contributed by atoms with van der Waals surface area (Å²) < 4.78 is 13.4. The monoisotopic (exact) mass is 484 g/mol. The van der Waals surface area contributed by atoms with E-state index in [2.05, 4.69) is 0 Å². The van der Waals surface area contributed by atoms with Gasteiger partial charge in [-0.05, 0) is 0 Å². The van der Waals surface area contributed by atoms with Crippen LogP contribution in [0.1, 0.15) is 34.0 Å². The molecule has 0 N–H and O–H groups in total. The van der Waals surface area contributed by atoms with Crippen molar-refractivity contribution in [3.63, 3.8) is 0 Å². The quantitative estimate of drug-likeness (QED) is 0.249. The van der Waals surface area contributed by atoms with Crippen LogP contribution in [0.25, 0.3) is 0 Å². The summed E-state index contributed by atoms with van der Waals surface area (Å²) in [5.74, 6) is 0.770. The summed E-state index contributed by atoms with van der Waals surface area (Å²) in [4.78, 5) is 29.1. The van der Waals surface area contributed by atoms with Gasteiger partial charge in [-0.3, -0.25) is 0 Å². The van der Waals surface area contributed by atoms with Gasteiger partial charge in [0, 0.05) is 0 Å². The van der Waals surface area contributed by atoms with Crippen molar-refractivity contribution < 1.29 is 18.6 Å². The van der Waals surface area contributed by atoms with Crippen molar-refractivity contribution in [3.8, 4) is 11.5 Å². The van der Waals surface area contributed by atoms with E-state index in [-0.39, 0.29) is 0 Å². The molecule has 178 valence electrons. The third kappa shape index (κ3) is 4.15. The van der Waals surface area contributed by atoms with Crippen LogP contribution in [-0.2, 0) is 4.79 Å². The Morgan fingerprint density at radius 3 is 1.43 bits per heavy atom. The van der Waals surface area contributed by atoms with E-state index in [1.54, 1.807) is 72.8 Å². The standard InChI is InChI=1S/C30H29O4P/c1-22-20-23(2)29(24(3)21-22)30(32)35(25(4)31,28-18-12-7-13-19-28,33-26-14-8-5-9-15-26)34-27-16-10-6-11-17-27/h5-21H,1-4H3. The summed E-state index contributed by atoms with van der Waals surface area (Å²) in [6.07, 6.45) is 0. The van der Waals surface area contributed by atoms with E-state index >= 15 is 0 Å². The number of hydrogen-bond acceptors (Lipinski definition) is 4. The Morgan fingerprint density at radius 1 is 0.629 bits per heavy atom. The van der Waals surface area contributed by atoms with Crippen molar-refractivity contribution in [3.05, 3.63) is 125 Å². The number of rotatable bonds is 8. The first kappa shape index (κ1) is 24.4. The maximum atomic E-state index is 15.0. The summed E-state index contributed by atoms with van der Waals surface area (Å²) >= 11 is 0. The van der Waals surface area contributed by atoms with E-state index < -0.39 is 18.1 Å². The third-order valence-corrected chi connectivity index (χ3v) is 10.6. The average molecular weight is 485 g/mol. The van der Waals surface area contributed by atoms with Crippen molar-refractivity contribution in [2.45, 2.75) is 27.7 Å². The molecule has 0 aliphatic heterocycles. The molecule has 4 aromatic carbocycles. The Hall–Kier alpha value is -3.75. The summed E-state index contributed by atoms with van der Waals surface area (Å²) in [5, 5.41) is 0.420.